The number of hydrogen-bond acceptors (Lipinski definition) is 7. The van der Waals surface area contributed by atoms with Gasteiger partial charge in [-0.1, -0.05) is 30.3 Å². The Bertz CT molecular complexity index is 849. The number of methoxy groups -OCH3 is 1. The van der Waals surface area contributed by atoms with Crippen LogP contribution in [0.3, 0.4) is 0 Å². The second-order valence-electron chi connectivity index (χ2n) is 7.65. The van der Waals surface area contributed by atoms with Gasteiger partial charge in [-0.15, -0.1) is 0 Å². The summed E-state index contributed by atoms with van der Waals surface area (Å²) in [5, 5.41) is 5.84. The molecule has 0 atom stereocenters. The van der Waals surface area contributed by atoms with E-state index in [0.29, 0.717) is 24.6 Å². The van der Waals surface area contributed by atoms with Gasteiger partial charge in [-0.3, -0.25) is 0 Å². The van der Waals surface area contributed by atoms with Gasteiger partial charge in [0.15, 0.2) is 6.61 Å². The molecule has 2 N–H and O–H groups in total. The highest BCUT2D eigenvalue weighted by Gasteiger charge is 2.15. The summed E-state index contributed by atoms with van der Waals surface area (Å²) < 4.78 is 21.2. The maximum atomic E-state index is 11.9. The smallest absolute Gasteiger partial charge is 0.407 e. The van der Waals surface area contributed by atoms with Crippen molar-refractivity contribution in [3.05, 3.63) is 54.1 Å². The van der Waals surface area contributed by atoms with Crippen LogP contribution in [0.25, 0.3) is 0 Å². The van der Waals surface area contributed by atoms with E-state index in [2.05, 4.69) is 10.6 Å². The van der Waals surface area contributed by atoms with E-state index in [0.717, 1.165) is 11.3 Å². The van der Waals surface area contributed by atoms with E-state index < -0.39 is 17.7 Å². The number of hydrogen-bond donors (Lipinski definition) is 2. The summed E-state index contributed by atoms with van der Waals surface area (Å²) in [7, 11) is 1.54. The number of nitrogens with one attached hydrogen (secondary N) is 2. The molecule has 0 saturated carbocycles. The van der Waals surface area contributed by atoms with E-state index >= 15 is 0 Å². The van der Waals surface area contributed by atoms with Gasteiger partial charge in [0.2, 0.25) is 0 Å². The normalized spacial score (nSPS) is 10.7. The first-order chi connectivity index (χ1) is 14.8. The number of esters is 1. The predicted octanol–water partition coefficient (Wildman–Crippen LogP) is 3.75. The standard InChI is InChI=1S/C23H30N2O6/c1-23(2,3)31-22(27)25-13-12-24-19-11-10-18(14-20(19)28-4)29-16-21(26)30-15-17-8-6-5-7-9-17/h5-11,14,24H,12-13,15-16H2,1-4H3,(H,25,27). The van der Waals surface area contributed by atoms with Crippen molar-refractivity contribution in [2.75, 3.05) is 32.1 Å². The zero-order valence-electron chi connectivity index (χ0n) is 18.4. The van der Waals surface area contributed by atoms with Crippen LogP contribution in [0, 0.1) is 0 Å². The lowest BCUT2D eigenvalue weighted by Crippen LogP contribution is -2.35. The van der Waals surface area contributed by atoms with Crippen LogP contribution < -0.4 is 20.1 Å². The summed E-state index contributed by atoms with van der Waals surface area (Å²) in [4.78, 5) is 23.5. The van der Waals surface area contributed by atoms with Crippen molar-refractivity contribution in [3.8, 4) is 11.5 Å². The van der Waals surface area contributed by atoms with Gasteiger partial charge in [-0.05, 0) is 38.5 Å². The molecule has 0 aromatic heterocycles. The number of amides is 1. The zero-order chi connectivity index (χ0) is 22.7. The molecule has 0 bridgehead atoms. The van der Waals surface area contributed by atoms with Gasteiger partial charge in [0.1, 0.15) is 23.7 Å². The Labute approximate surface area is 182 Å². The third kappa shape index (κ3) is 9.29. The lowest BCUT2D eigenvalue weighted by molar-refractivity contribution is -0.147. The van der Waals surface area contributed by atoms with Crippen LogP contribution in [0.5, 0.6) is 11.5 Å². The Kier molecular flexibility index (Phi) is 8.99. The number of ether oxygens (including phenoxy) is 4. The third-order valence-electron chi connectivity index (χ3n) is 3.88. The van der Waals surface area contributed by atoms with Crippen LogP contribution in [-0.4, -0.2) is 44.5 Å². The summed E-state index contributed by atoms with van der Waals surface area (Å²) in [6.07, 6.45) is -0.468. The average molecular weight is 431 g/mol. The van der Waals surface area contributed by atoms with Crippen molar-refractivity contribution in [1.29, 1.82) is 0 Å². The Balaban J connectivity index is 1.76. The molecule has 0 aliphatic heterocycles. The SMILES string of the molecule is COc1cc(OCC(=O)OCc2ccccc2)ccc1NCCNC(=O)OC(C)(C)C. The van der Waals surface area contributed by atoms with Crippen molar-refractivity contribution < 1.29 is 28.5 Å². The molecule has 0 spiro atoms. The fraction of sp³-hybridized carbons (Fsp3) is 0.391. The van der Waals surface area contributed by atoms with Crippen molar-refractivity contribution in [2.45, 2.75) is 33.0 Å². The van der Waals surface area contributed by atoms with Gasteiger partial charge < -0.3 is 29.6 Å². The highest BCUT2D eigenvalue weighted by molar-refractivity contribution is 5.71. The minimum absolute atomic E-state index is 0.201. The number of carbonyl (C=O) groups excluding carboxylic acids is 2. The molecule has 8 nitrogen and oxygen atoms in total. The van der Waals surface area contributed by atoms with Gasteiger partial charge in [-0.25, -0.2) is 9.59 Å². The maximum absolute atomic E-state index is 11.9. The second-order valence-corrected chi connectivity index (χ2v) is 7.65. The third-order valence-corrected chi connectivity index (χ3v) is 3.88. The van der Waals surface area contributed by atoms with Crippen LogP contribution >= 0.6 is 0 Å². The van der Waals surface area contributed by atoms with Crippen molar-refractivity contribution in [1.82, 2.24) is 5.32 Å². The molecule has 0 saturated heterocycles. The fourth-order valence-electron chi connectivity index (χ4n) is 2.51. The summed E-state index contributed by atoms with van der Waals surface area (Å²) >= 11 is 0. The lowest BCUT2D eigenvalue weighted by atomic mass is 10.2. The summed E-state index contributed by atoms with van der Waals surface area (Å²) in [6, 6.07) is 14.6. The molecule has 0 aliphatic carbocycles. The van der Waals surface area contributed by atoms with Gasteiger partial charge in [0.25, 0.3) is 0 Å². The molecule has 2 rings (SSSR count). The van der Waals surface area contributed by atoms with Gasteiger partial charge >= 0.3 is 12.1 Å². The van der Waals surface area contributed by atoms with E-state index in [1.807, 2.05) is 51.1 Å². The van der Waals surface area contributed by atoms with E-state index in [-0.39, 0.29) is 13.2 Å². The molecule has 0 radical (unpaired) electrons. The first kappa shape index (κ1) is 23.9. The summed E-state index contributed by atoms with van der Waals surface area (Å²) in [6.45, 7) is 6.27. The number of rotatable bonds is 10. The highest BCUT2D eigenvalue weighted by Crippen LogP contribution is 2.29. The van der Waals surface area contributed by atoms with E-state index in [1.165, 1.54) is 7.11 Å². The molecule has 0 fully saturated rings. The van der Waals surface area contributed by atoms with Crippen LogP contribution in [-0.2, 0) is 20.9 Å². The quantitative estimate of drug-likeness (QED) is 0.438. The van der Waals surface area contributed by atoms with Crippen LogP contribution in [0.2, 0.25) is 0 Å². The van der Waals surface area contributed by atoms with Crippen molar-refractivity contribution in [2.24, 2.45) is 0 Å². The largest absolute Gasteiger partial charge is 0.494 e. The van der Waals surface area contributed by atoms with Gasteiger partial charge in [0.05, 0.1) is 12.8 Å². The first-order valence-electron chi connectivity index (χ1n) is 9.98. The first-order valence-corrected chi connectivity index (χ1v) is 9.98. The predicted molar refractivity (Wildman–Crippen MR) is 117 cm³/mol. The van der Waals surface area contributed by atoms with Crippen LogP contribution in [0.15, 0.2) is 48.5 Å². The highest BCUT2D eigenvalue weighted by atomic mass is 16.6. The lowest BCUT2D eigenvalue weighted by Gasteiger charge is -2.20. The number of alkyl carbamates (subject to hydrolysis) is 1. The van der Waals surface area contributed by atoms with Gasteiger partial charge in [-0.2, -0.15) is 0 Å². The van der Waals surface area contributed by atoms with E-state index in [4.69, 9.17) is 18.9 Å². The summed E-state index contributed by atoms with van der Waals surface area (Å²) in [5.74, 6) is 0.566. The maximum Gasteiger partial charge on any atom is 0.407 e. The molecular formula is C23H30N2O6. The fourth-order valence-corrected chi connectivity index (χ4v) is 2.51. The molecule has 2 aromatic rings. The van der Waals surface area contributed by atoms with Crippen LogP contribution in [0.4, 0.5) is 10.5 Å². The zero-order valence-corrected chi connectivity index (χ0v) is 18.4. The van der Waals surface area contributed by atoms with Crippen LogP contribution in [0.1, 0.15) is 26.3 Å². The van der Waals surface area contributed by atoms with Crippen molar-refractivity contribution in [3.63, 3.8) is 0 Å². The minimum Gasteiger partial charge on any atom is -0.494 e. The Morgan fingerprint density at radius 1 is 1.00 bits per heavy atom. The number of anilines is 1. The summed E-state index contributed by atoms with van der Waals surface area (Å²) in [5.41, 5.74) is 1.10. The Hall–Kier alpha value is -3.42. The monoisotopic (exact) mass is 430 g/mol. The molecule has 2 aromatic carbocycles. The molecule has 8 heteroatoms. The molecule has 0 aliphatic rings. The van der Waals surface area contributed by atoms with Crippen molar-refractivity contribution >= 4 is 17.7 Å². The Morgan fingerprint density at radius 2 is 1.74 bits per heavy atom. The topological polar surface area (TPSA) is 95.1 Å². The minimum atomic E-state index is -0.537. The molecule has 1 amide bonds. The second kappa shape index (κ2) is 11.7. The van der Waals surface area contributed by atoms with E-state index in [1.54, 1.807) is 18.2 Å². The molecular weight excluding hydrogens is 400 g/mol. The number of benzene rings is 2. The molecule has 0 heterocycles. The number of carbonyl (C=O) groups is 2. The Morgan fingerprint density at radius 3 is 2.42 bits per heavy atom. The van der Waals surface area contributed by atoms with E-state index in [9.17, 15) is 9.59 Å². The molecule has 168 valence electrons. The molecule has 31 heavy (non-hydrogen) atoms. The molecule has 0 unspecified atom stereocenters. The average Bonchev–Trinajstić information content (AvgIpc) is 2.73. The van der Waals surface area contributed by atoms with Gasteiger partial charge in [0, 0.05) is 19.2 Å².